The highest BCUT2D eigenvalue weighted by atomic mass is 16.2. The minimum atomic E-state index is -0.570. The molecule has 0 amide bonds. The Labute approximate surface area is 90.7 Å². The van der Waals surface area contributed by atoms with Gasteiger partial charge >= 0.3 is 11.2 Å². The van der Waals surface area contributed by atoms with E-state index in [1.807, 2.05) is 6.92 Å². The van der Waals surface area contributed by atoms with Gasteiger partial charge in [0.1, 0.15) is 0 Å². The lowest BCUT2D eigenvalue weighted by atomic mass is 10.4. The Balaban J connectivity index is 2.95. The van der Waals surface area contributed by atoms with Crippen LogP contribution in [0.15, 0.2) is 15.9 Å². The molecule has 0 fully saturated rings. The van der Waals surface area contributed by atoms with Crippen molar-refractivity contribution < 1.29 is 0 Å². The molecule has 2 N–H and O–H groups in total. The maximum absolute atomic E-state index is 11.8. The molecule has 2 aromatic rings. The molecular formula is C9H13N5O2. The zero-order valence-corrected chi connectivity index (χ0v) is 9.17. The Kier molecular flexibility index (Phi) is 2.30. The maximum atomic E-state index is 11.8. The van der Waals surface area contributed by atoms with Crippen LogP contribution in [0, 0.1) is 0 Å². The highest BCUT2D eigenvalue weighted by molar-refractivity contribution is 5.69. The van der Waals surface area contributed by atoms with Crippen molar-refractivity contribution in [3.05, 3.63) is 27.2 Å². The largest absolute Gasteiger partial charge is 0.351 e. The maximum Gasteiger partial charge on any atom is 0.351 e. The number of imidazole rings is 1. The lowest BCUT2D eigenvalue weighted by molar-refractivity contribution is 0.685. The number of aryl methyl sites for hydroxylation is 2. The summed E-state index contributed by atoms with van der Waals surface area (Å²) < 4.78 is 3.58. The van der Waals surface area contributed by atoms with Gasteiger partial charge < -0.3 is 10.4 Å². The number of nitrogens with two attached hydrogens (primary N) is 1. The molecule has 0 unspecified atom stereocenters. The first-order chi connectivity index (χ1) is 7.57. The molecule has 0 radical (unpaired) electrons. The van der Waals surface area contributed by atoms with E-state index in [-0.39, 0.29) is 0 Å². The molecular weight excluding hydrogens is 210 g/mol. The quantitative estimate of drug-likeness (QED) is 0.663. The van der Waals surface area contributed by atoms with Crippen molar-refractivity contribution in [2.45, 2.75) is 19.9 Å². The van der Waals surface area contributed by atoms with Crippen LogP contribution < -0.4 is 17.1 Å². The fourth-order valence-electron chi connectivity index (χ4n) is 1.70. The standard InChI is InChI=1S/C9H13N5O2/c1-3-4-13-5-11-7-6(13)8(15)14(10)9(16)12(7)2/h5H,3-4,10H2,1-2H3. The van der Waals surface area contributed by atoms with E-state index >= 15 is 0 Å². The fraction of sp³-hybridized carbons (Fsp3) is 0.444. The molecule has 0 aromatic carbocycles. The molecule has 0 bridgehead atoms. The van der Waals surface area contributed by atoms with E-state index in [1.165, 1.54) is 11.6 Å². The van der Waals surface area contributed by atoms with Crippen molar-refractivity contribution >= 4 is 11.2 Å². The third kappa shape index (κ3) is 1.24. The van der Waals surface area contributed by atoms with Crippen molar-refractivity contribution in [2.24, 2.45) is 7.05 Å². The average Bonchev–Trinajstić information content (AvgIpc) is 2.68. The molecule has 7 heteroatoms. The van der Waals surface area contributed by atoms with Gasteiger partial charge in [-0.05, 0) is 6.42 Å². The Morgan fingerprint density at radius 1 is 1.44 bits per heavy atom. The first kappa shape index (κ1) is 10.5. The van der Waals surface area contributed by atoms with Gasteiger partial charge in [0, 0.05) is 13.6 Å². The third-order valence-corrected chi connectivity index (χ3v) is 2.52. The molecule has 0 spiro atoms. The number of nitrogen functional groups attached to an aromatic ring is 1. The van der Waals surface area contributed by atoms with Crippen molar-refractivity contribution in [1.82, 2.24) is 18.8 Å². The molecule has 16 heavy (non-hydrogen) atoms. The van der Waals surface area contributed by atoms with Gasteiger partial charge in [0.05, 0.1) is 6.33 Å². The van der Waals surface area contributed by atoms with Crippen LogP contribution in [-0.4, -0.2) is 18.8 Å². The molecule has 0 atom stereocenters. The van der Waals surface area contributed by atoms with Gasteiger partial charge in [0.25, 0.3) is 0 Å². The van der Waals surface area contributed by atoms with Gasteiger partial charge in [0.2, 0.25) is 0 Å². The van der Waals surface area contributed by atoms with Crippen LogP contribution in [0.1, 0.15) is 13.3 Å². The van der Waals surface area contributed by atoms with Gasteiger partial charge in [-0.1, -0.05) is 6.92 Å². The second kappa shape index (κ2) is 3.51. The van der Waals surface area contributed by atoms with E-state index in [9.17, 15) is 9.59 Å². The molecule has 0 aliphatic carbocycles. The molecule has 2 heterocycles. The molecule has 0 aliphatic heterocycles. The number of nitrogens with zero attached hydrogens (tertiary/aromatic N) is 4. The Bertz CT molecular complexity index is 648. The summed E-state index contributed by atoms with van der Waals surface area (Å²) in [6.45, 7) is 2.67. The van der Waals surface area contributed by atoms with E-state index in [0.29, 0.717) is 22.4 Å². The minimum absolute atomic E-state index is 0.366. The average molecular weight is 223 g/mol. The number of hydrogen-bond acceptors (Lipinski definition) is 4. The van der Waals surface area contributed by atoms with Gasteiger partial charge in [-0.2, -0.15) is 4.68 Å². The number of aromatic nitrogens is 4. The van der Waals surface area contributed by atoms with Crippen molar-refractivity contribution in [1.29, 1.82) is 0 Å². The molecule has 0 aliphatic rings. The van der Waals surface area contributed by atoms with Crippen LogP contribution in [0.4, 0.5) is 0 Å². The smallest absolute Gasteiger partial charge is 0.332 e. The minimum Gasteiger partial charge on any atom is -0.332 e. The van der Waals surface area contributed by atoms with Crippen LogP contribution in [0.5, 0.6) is 0 Å². The summed E-state index contributed by atoms with van der Waals surface area (Å²) in [6, 6.07) is 0. The predicted molar refractivity (Wildman–Crippen MR) is 59.7 cm³/mol. The van der Waals surface area contributed by atoms with Crippen molar-refractivity contribution in [3.63, 3.8) is 0 Å². The molecule has 2 rings (SSSR count). The van der Waals surface area contributed by atoms with Gasteiger partial charge in [-0.3, -0.25) is 9.36 Å². The predicted octanol–water partition coefficient (Wildman–Crippen LogP) is -0.979. The van der Waals surface area contributed by atoms with E-state index in [4.69, 9.17) is 5.84 Å². The highest BCUT2D eigenvalue weighted by Crippen LogP contribution is 2.05. The van der Waals surface area contributed by atoms with E-state index in [0.717, 1.165) is 6.42 Å². The second-order valence-corrected chi connectivity index (χ2v) is 3.63. The Hall–Kier alpha value is -2.05. The molecule has 7 nitrogen and oxygen atoms in total. The third-order valence-electron chi connectivity index (χ3n) is 2.52. The normalized spacial score (nSPS) is 11.1. The topological polar surface area (TPSA) is 87.8 Å². The van der Waals surface area contributed by atoms with Crippen molar-refractivity contribution in [2.75, 3.05) is 5.84 Å². The number of fused-ring (bicyclic) bond motifs is 1. The Morgan fingerprint density at radius 3 is 2.75 bits per heavy atom. The summed E-state index contributed by atoms with van der Waals surface area (Å²) >= 11 is 0. The molecule has 0 saturated carbocycles. The molecule has 86 valence electrons. The van der Waals surface area contributed by atoms with Crippen LogP contribution in [0.2, 0.25) is 0 Å². The summed E-state index contributed by atoms with van der Waals surface area (Å²) in [5.41, 5.74) is -0.347. The van der Waals surface area contributed by atoms with E-state index in [2.05, 4.69) is 4.98 Å². The summed E-state index contributed by atoms with van der Waals surface area (Å²) in [7, 11) is 1.54. The Morgan fingerprint density at radius 2 is 2.12 bits per heavy atom. The van der Waals surface area contributed by atoms with E-state index < -0.39 is 11.2 Å². The molecule has 0 saturated heterocycles. The summed E-state index contributed by atoms with van der Waals surface area (Å²) in [4.78, 5) is 27.4. The van der Waals surface area contributed by atoms with Crippen LogP contribution in [0.25, 0.3) is 11.2 Å². The zero-order chi connectivity index (χ0) is 11.9. The van der Waals surface area contributed by atoms with Crippen LogP contribution >= 0.6 is 0 Å². The lowest BCUT2D eigenvalue weighted by Gasteiger charge is -2.04. The number of hydrogen-bond donors (Lipinski definition) is 1. The molecule has 2 aromatic heterocycles. The number of rotatable bonds is 2. The second-order valence-electron chi connectivity index (χ2n) is 3.63. The van der Waals surface area contributed by atoms with Crippen molar-refractivity contribution in [3.8, 4) is 0 Å². The van der Waals surface area contributed by atoms with E-state index in [1.54, 1.807) is 10.9 Å². The first-order valence-corrected chi connectivity index (χ1v) is 5.00. The lowest BCUT2D eigenvalue weighted by Crippen LogP contribution is -2.44. The monoisotopic (exact) mass is 223 g/mol. The first-order valence-electron chi connectivity index (χ1n) is 5.00. The highest BCUT2D eigenvalue weighted by Gasteiger charge is 2.13. The van der Waals surface area contributed by atoms with Gasteiger partial charge in [-0.25, -0.2) is 9.78 Å². The van der Waals surface area contributed by atoms with Crippen LogP contribution in [-0.2, 0) is 13.6 Å². The van der Waals surface area contributed by atoms with Gasteiger partial charge in [-0.15, -0.1) is 0 Å². The van der Waals surface area contributed by atoms with Gasteiger partial charge in [0.15, 0.2) is 11.2 Å². The van der Waals surface area contributed by atoms with Crippen LogP contribution in [0.3, 0.4) is 0 Å². The summed E-state index contributed by atoms with van der Waals surface area (Å²) in [5, 5.41) is 0. The summed E-state index contributed by atoms with van der Waals surface area (Å²) in [5.74, 6) is 5.40. The fourth-order valence-corrected chi connectivity index (χ4v) is 1.70. The zero-order valence-electron chi connectivity index (χ0n) is 9.17. The summed E-state index contributed by atoms with van der Waals surface area (Å²) in [6.07, 6.45) is 2.42. The SMILES string of the molecule is CCCn1cnc2c1c(=O)n(N)c(=O)n2C.